The van der Waals surface area contributed by atoms with Crippen LogP contribution in [0.4, 0.5) is 4.79 Å². The van der Waals surface area contributed by atoms with Crippen molar-refractivity contribution in [3.63, 3.8) is 0 Å². The third-order valence-electron chi connectivity index (χ3n) is 6.47. The van der Waals surface area contributed by atoms with E-state index in [1.54, 1.807) is 6.08 Å². The van der Waals surface area contributed by atoms with Crippen LogP contribution in [-0.4, -0.2) is 72.8 Å². The van der Waals surface area contributed by atoms with Crippen molar-refractivity contribution in [2.75, 3.05) is 32.8 Å². The Hall–Kier alpha value is -2.23. The molecule has 1 saturated carbocycles. The summed E-state index contributed by atoms with van der Waals surface area (Å²) in [4.78, 5) is 28.9. The maximum absolute atomic E-state index is 13.1. The number of piperazine rings is 1. The molecule has 8 nitrogen and oxygen atoms in total. The number of nitrogens with one attached hydrogen (secondary N) is 1. The smallest absolute Gasteiger partial charge is 0.323 e. The van der Waals surface area contributed by atoms with E-state index >= 15 is 0 Å². The lowest BCUT2D eigenvalue weighted by Gasteiger charge is -2.35. The second-order valence-electron chi connectivity index (χ2n) is 8.58. The monoisotopic (exact) mass is 446 g/mol. The highest BCUT2D eigenvalue weighted by molar-refractivity contribution is 7.92. The molecule has 4 rings (SSSR count). The van der Waals surface area contributed by atoms with Crippen molar-refractivity contribution < 1.29 is 18.0 Å². The van der Waals surface area contributed by atoms with E-state index in [4.69, 9.17) is 0 Å². The quantitative estimate of drug-likeness (QED) is 0.701. The van der Waals surface area contributed by atoms with Crippen molar-refractivity contribution in [3.05, 3.63) is 41.3 Å². The van der Waals surface area contributed by atoms with Crippen LogP contribution in [0.2, 0.25) is 0 Å². The molecule has 31 heavy (non-hydrogen) atoms. The molecule has 9 heteroatoms. The number of rotatable bonds is 5. The summed E-state index contributed by atoms with van der Waals surface area (Å²) in [6.45, 7) is 1.82. The van der Waals surface area contributed by atoms with Gasteiger partial charge in [-0.25, -0.2) is 18.1 Å². The average molecular weight is 447 g/mol. The molecule has 2 heterocycles. The Morgan fingerprint density at radius 2 is 1.58 bits per heavy atom. The van der Waals surface area contributed by atoms with E-state index in [2.05, 4.69) is 5.32 Å². The van der Waals surface area contributed by atoms with Gasteiger partial charge in [0, 0.05) is 31.6 Å². The largest absolute Gasteiger partial charge is 0.326 e. The Labute approximate surface area is 183 Å². The molecule has 0 radical (unpaired) electrons. The molecule has 3 aliphatic rings. The van der Waals surface area contributed by atoms with E-state index in [0.717, 1.165) is 31.2 Å². The molecule has 0 aromatic heterocycles. The first kappa shape index (κ1) is 22.0. The molecule has 1 spiro atoms. The number of carbonyl (C=O) groups excluding carboxylic acids is 2. The molecule has 3 amide bonds. The van der Waals surface area contributed by atoms with Crippen LogP contribution in [0, 0.1) is 0 Å². The summed E-state index contributed by atoms with van der Waals surface area (Å²) in [6.07, 6.45) is 7.10. The van der Waals surface area contributed by atoms with Gasteiger partial charge in [0.1, 0.15) is 5.54 Å². The third-order valence-corrected chi connectivity index (χ3v) is 8.03. The highest BCUT2D eigenvalue weighted by atomic mass is 32.2. The molecule has 168 valence electrons. The fourth-order valence-corrected chi connectivity index (χ4v) is 5.79. The fourth-order valence-electron chi connectivity index (χ4n) is 4.62. The van der Waals surface area contributed by atoms with E-state index < -0.39 is 15.6 Å². The Bertz CT molecular complexity index is 932. The molecule has 2 aliphatic heterocycles. The van der Waals surface area contributed by atoms with Crippen LogP contribution in [0.25, 0.3) is 6.08 Å². The number of imide groups is 1. The second-order valence-corrected chi connectivity index (χ2v) is 10.4. The molecule has 1 aromatic rings. The van der Waals surface area contributed by atoms with Gasteiger partial charge in [0.2, 0.25) is 10.0 Å². The lowest BCUT2D eigenvalue weighted by Crippen LogP contribution is -2.52. The van der Waals surface area contributed by atoms with Crippen molar-refractivity contribution in [2.24, 2.45) is 0 Å². The molecular weight excluding hydrogens is 416 g/mol. The van der Waals surface area contributed by atoms with Crippen LogP contribution in [0.3, 0.4) is 0 Å². The van der Waals surface area contributed by atoms with Crippen molar-refractivity contribution in [1.29, 1.82) is 0 Å². The topological polar surface area (TPSA) is 90.0 Å². The second kappa shape index (κ2) is 9.10. The van der Waals surface area contributed by atoms with Crippen molar-refractivity contribution in [3.8, 4) is 0 Å². The van der Waals surface area contributed by atoms with Crippen LogP contribution in [0.1, 0.15) is 44.1 Å². The Morgan fingerprint density at radius 3 is 2.23 bits per heavy atom. The summed E-state index contributed by atoms with van der Waals surface area (Å²) in [5, 5.41) is 4.20. The zero-order chi connectivity index (χ0) is 21.9. The van der Waals surface area contributed by atoms with Crippen molar-refractivity contribution in [2.45, 2.75) is 44.1 Å². The van der Waals surface area contributed by atoms with E-state index in [1.165, 1.54) is 14.6 Å². The molecule has 0 unspecified atom stereocenters. The highest BCUT2D eigenvalue weighted by Gasteiger charge is 2.51. The van der Waals surface area contributed by atoms with Gasteiger partial charge in [-0.1, -0.05) is 56.0 Å². The molecular formula is C22H30N4O4S. The third kappa shape index (κ3) is 4.83. The van der Waals surface area contributed by atoms with Crippen LogP contribution in [0.15, 0.2) is 35.7 Å². The van der Waals surface area contributed by atoms with Gasteiger partial charge >= 0.3 is 6.03 Å². The van der Waals surface area contributed by atoms with Gasteiger partial charge in [-0.2, -0.15) is 4.31 Å². The van der Waals surface area contributed by atoms with Gasteiger partial charge in [0.15, 0.2) is 0 Å². The lowest BCUT2D eigenvalue weighted by molar-refractivity contribution is -0.133. The number of nitrogens with zero attached hydrogens (tertiary/aromatic N) is 3. The Kier molecular flexibility index (Phi) is 6.45. The predicted molar refractivity (Wildman–Crippen MR) is 118 cm³/mol. The van der Waals surface area contributed by atoms with Crippen LogP contribution in [-0.2, 0) is 14.8 Å². The minimum atomic E-state index is -3.51. The molecule has 1 aliphatic carbocycles. The van der Waals surface area contributed by atoms with Gasteiger partial charge in [-0.3, -0.25) is 9.69 Å². The van der Waals surface area contributed by atoms with E-state index in [9.17, 15) is 18.0 Å². The van der Waals surface area contributed by atoms with Gasteiger partial charge in [0.05, 0.1) is 6.67 Å². The first-order valence-corrected chi connectivity index (χ1v) is 12.5. The number of urea groups is 1. The average Bonchev–Trinajstić information content (AvgIpc) is 2.93. The van der Waals surface area contributed by atoms with Gasteiger partial charge < -0.3 is 5.32 Å². The van der Waals surface area contributed by atoms with Gasteiger partial charge in [0.25, 0.3) is 5.91 Å². The number of hydrogen-bond donors (Lipinski definition) is 1. The SMILES string of the molecule is O=C1NC2(CCCCCC2)C(=O)N1CN1CCN(S(=O)(=O)/C=C/c2ccccc2)CC1. The zero-order valence-electron chi connectivity index (χ0n) is 17.7. The molecule has 2 saturated heterocycles. The van der Waals surface area contributed by atoms with Crippen molar-refractivity contribution in [1.82, 2.24) is 19.4 Å². The van der Waals surface area contributed by atoms with E-state index in [-0.39, 0.29) is 18.6 Å². The summed E-state index contributed by atoms with van der Waals surface area (Å²) in [6, 6.07) is 8.98. The molecule has 0 bridgehead atoms. The zero-order valence-corrected chi connectivity index (χ0v) is 18.5. The predicted octanol–water partition coefficient (Wildman–Crippen LogP) is 2.21. The minimum Gasteiger partial charge on any atom is -0.323 e. The van der Waals surface area contributed by atoms with Gasteiger partial charge in [-0.15, -0.1) is 0 Å². The number of sulfonamides is 1. The number of benzene rings is 1. The van der Waals surface area contributed by atoms with E-state index in [0.29, 0.717) is 39.0 Å². The number of carbonyl (C=O) groups is 2. The van der Waals surface area contributed by atoms with Crippen LogP contribution < -0.4 is 5.32 Å². The Morgan fingerprint density at radius 1 is 0.935 bits per heavy atom. The summed E-state index contributed by atoms with van der Waals surface area (Å²) in [5.74, 6) is -0.125. The first-order valence-electron chi connectivity index (χ1n) is 11.0. The molecule has 1 aromatic carbocycles. The molecule has 0 atom stereocenters. The van der Waals surface area contributed by atoms with Crippen LogP contribution >= 0.6 is 0 Å². The van der Waals surface area contributed by atoms with E-state index in [1.807, 2.05) is 35.2 Å². The highest BCUT2D eigenvalue weighted by Crippen LogP contribution is 2.32. The summed E-state index contributed by atoms with van der Waals surface area (Å²) in [7, 11) is -3.51. The number of amides is 3. The normalized spacial score (nSPS) is 23.4. The lowest BCUT2D eigenvalue weighted by atomic mass is 9.90. The molecule has 1 N–H and O–H groups in total. The Balaban J connectivity index is 1.33. The van der Waals surface area contributed by atoms with Gasteiger partial charge in [-0.05, 0) is 24.5 Å². The summed E-state index contributed by atoms with van der Waals surface area (Å²) in [5.41, 5.74) is 0.0942. The maximum Gasteiger partial charge on any atom is 0.326 e. The first-order chi connectivity index (χ1) is 14.9. The fraction of sp³-hybridized carbons (Fsp3) is 0.545. The minimum absolute atomic E-state index is 0.125. The molecule has 3 fully saturated rings. The van der Waals surface area contributed by atoms with Crippen LogP contribution in [0.5, 0.6) is 0 Å². The van der Waals surface area contributed by atoms with Crippen molar-refractivity contribution >= 4 is 28.0 Å². The maximum atomic E-state index is 13.1. The summed E-state index contributed by atoms with van der Waals surface area (Å²) >= 11 is 0. The summed E-state index contributed by atoms with van der Waals surface area (Å²) < 4.78 is 26.7. The standard InChI is InChI=1S/C22H30N4O4S/c27-20-22(11-6-1-2-7-12-22)23-21(28)26(20)18-24-13-15-25(16-14-24)31(29,30)17-10-19-8-4-3-5-9-19/h3-5,8-10,17H,1-2,6-7,11-16,18H2,(H,23,28)/b17-10+. The number of hydrogen-bond acceptors (Lipinski definition) is 5.